The van der Waals surface area contributed by atoms with Gasteiger partial charge < -0.3 is 14.8 Å². The van der Waals surface area contributed by atoms with Crippen LogP contribution in [0.3, 0.4) is 0 Å². The van der Waals surface area contributed by atoms with Gasteiger partial charge in [0.1, 0.15) is 5.69 Å². The van der Waals surface area contributed by atoms with Crippen LogP contribution >= 0.6 is 0 Å². The highest BCUT2D eigenvalue weighted by molar-refractivity contribution is 5.99. The number of carbonyl (C=O) groups is 2. The number of hydrogen-bond donors (Lipinski definition) is 2. The number of nitrogens with one attached hydrogen (secondary N) is 2. The summed E-state index contributed by atoms with van der Waals surface area (Å²) in [6.45, 7) is 1.85. The van der Waals surface area contributed by atoms with Crippen molar-refractivity contribution < 1.29 is 9.59 Å². The molecule has 2 aromatic heterocycles. The largest absolute Gasteiger partial charge is 0.351 e. The van der Waals surface area contributed by atoms with Crippen LogP contribution < -0.4 is 0 Å². The van der Waals surface area contributed by atoms with Crippen LogP contribution in [-0.2, 0) is 13.0 Å². The van der Waals surface area contributed by atoms with Crippen molar-refractivity contribution in [1.29, 1.82) is 0 Å². The van der Waals surface area contributed by atoms with Crippen molar-refractivity contribution in [1.82, 2.24) is 25.0 Å². The monoisotopic (exact) mass is 389 g/mol. The van der Waals surface area contributed by atoms with Gasteiger partial charge in [0.25, 0.3) is 11.8 Å². The lowest BCUT2D eigenvalue weighted by Crippen LogP contribution is -2.39. The van der Waals surface area contributed by atoms with Gasteiger partial charge in [-0.25, -0.2) is 0 Å². The highest BCUT2D eigenvalue weighted by Crippen LogP contribution is 2.50. The second-order valence-corrected chi connectivity index (χ2v) is 8.56. The van der Waals surface area contributed by atoms with E-state index in [2.05, 4.69) is 15.2 Å². The van der Waals surface area contributed by atoms with Crippen LogP contribution in [-0.4, -0.2) is 55.4 Å². The lowest BCUT2D eigenvalue weighted by molar-refractivity contribution is 0.0690. The molecule has 2 amide bonds. The lowest BCUT2D eigenvalue weighted by atomic mass is 10.0. The molecule has 1 aromatic carbocycles. The number of fused-ring (bicyclic) bond motifs is 2. The molecule has 0 bridgehead atoms. The number of likely N-dealkylation sites (tertiary alicyclic amines) is 1. The van der Waals surface area contributed by atoms with Crippen LogP contribution in [0.1, 0.15) is 57.9 Å². The van der Waals surface area contributed by atoms with Crippen LogP contribution in [0, 0.1) is 0 Å². The molecule has 7 heteroatoms. The van der Waals surface area contributed by atoms with E-state index in [1.54, 1.807) is 0 Å². The predicted molar refractivity (Wildman–Crippen MR) is 108 cm³/mol. The first kappa shape index (κ1) is 16.8. The number of aromatic nitrogens is 3. The number of carbonyl (C=O) groups excluding carboxylic acids is 2. The number of nitrogens with zero attached hydrogens (tertiary/aromatic N) is 3. The predicted octanol–water partition coefficient (Wildman–Crippen LogP) is 2.86. The van der Waals surface area contributed by atoms with Crippen LogP contribution in [0.15, 0.2) is 30.3 Å². The normalized spacial score (nSPS) is 19.7. The summed E-state index contributed by atoms with van der Waals surface area (Å²) in [6.07, 6.45) is 5.08. The summed E-state index contributed by atoms with van der Waals surface area (Å²) in [6, 6.07) is 9.78. The Kier molecular flexibility index (Phi) is 3.45. The van der Waals surface area contributed by atoms with Crippen molar-refractivity contribution in [3.05, 3.63) is 53.0 Å². The van der Waals surface area contributed by atoms with Crippen molar-refractivity contribution in [3.63, 3.8) is 0 Å². The molecule has 1 spiro atoms. The summed E-state index contributed by atoms with van der Waals surface area (Å²) in [4.78, 5) is 33.4. The van der Waals surface area contributed by atoms with Gasteiger partial charge in [-0.2, -0.15) is 5.10 Å². The Balaban J connectivity index is 1.27. The van der Waals surface area contributed by atoms with E-state index < -0.39 is 0 Å². The van der Waals surface area contributed by atoms with Gasteiger partial charge in [0.05, 0.1) is 6.54 Å². The smallest absolute Gasteiger partial charge is 0.275 e. The van der Waals surface area contributed by atoms with E-state index in [1.165, 1.54) is 0 Å². The van der Waals surface area contributed by atoms with Gasteiger partial charge in [-0.05, 0) is 37.8 Å². The molecule has 2 fully saturated rings. The first-order valence-corrected chi connectivity index (χ1v) is 10.4. The Hall–Kier alpha value is -3.09. The molecule has 7 nitrogen and oxygen atoms in total. The number of benzene rings is 1. The van der Waals surface area contributed by atoms with Crippen molar-refractivity contribution >= 4 is 22.7 Å². The molecule has 1 saturated heterocycles. The highest BCUT2D eigenvalue weighted by atomic mass is 16.2. The third-order valence-corrected chi connectivity index (χ3v) is 6.85. The second-order valence-electron chi connectivity index (χ2n) is 8.56. The Labute approximate surface area is 168 Å². The fourth-order valence-electron chi connectivity index (χ4n) is 5.05. The van der Waals surface area contributed by atoms with Crippen LogP contribution in [0.25, 0.3) is 10.9 Å². The molecule has 4 heterocycles. The van der Waals surface area contributed by atoms with Gasteiger partial charge in [-0.3, -0.25) is 14.7 Å². The summed E-state index contributed by atoms with van der Waals surface area (Å²) in [5.74, 6) is -0.0105. The number of hydrogen-bond acceptors (Lipinski definition) is 3. The number of rotatable bonds is 2. The van der Waals surface area contributed by atoms with Crippen molar-refractivity contribution in [2.45, 2.75) is 44.2 Å². The maximum atomic E-state index is 13.2. The molecule has 6 rings (SSSR count). The molecule has 3 aliphatic rings. The van der Waals surface area contributed by atoms with E-state index in [0.29, 0.717) is 30.9 Å². The fourth-order valence-corrected chi connectivity index (χ4v) is 5.05. The summed E-state index contributed by atoms with van der Waals surface area (Å²) >= 11 is 0. The third kappa shape index (κ3) is 2.53. The Morgan fingerprint density at radius 3 is 2.76 bits per heavy atom. The Morgan fingerprint density at radius 2 is 1.93 bits per heavy atom. The van der Waals surface area contributed by atoms with Crippen molar-refractivity contribution in [2.24, 2.45) is 0 Å². The second kappa shape index (κ2) is 5.95. The van der Waals surface area contributed by atoms with E-state index in [4.69, 9.17) is 0 Å². The van der Waals surface area contributed by atoms with E-state index in [1.807, 2.05) is 40.1 Å². The first-order chi connectivity index (χ1) is 14.1. The SMILES string of the molecule is O=C(c1cc2ccccc2[nH]1)N1CCc2[nH]nc(C(=O)N3CCCC34CC4)c2C1. The fraction of sp³-hybridized carbons (Fsp3) is 0.409. The molecular weight excluding hydrogens is 366 g/mol. The van der Waals surface area contributed by atoms with E-state index >= 15 is 0 Å². The number of para-hydroxylation sites is 1. The van der Waals surface area contributed by atoms with E-state index in [0.717, 1.165) is 54.4 Å². The van der Waals surface area contributed by atoms with Crippen molar-refractivity contribution in [3.8, 4) is 0 Å². The molecule has 148 valence electrons. The quantitative estimate of drug-likeness (QED) is 0.707. The maximum Gasteiger partial charge on any atom is 0.275 e. The first-order valence-electron chi connectivity index (χ1n) is 10.4. The van der Waals surface area contributed by atoms with Gasteiger partial charge in [0, 0.05) is 47.2 Å². The zero-order valence-corrected chi connectivity index (χ0v) is 16.2. The Bertz CT molecular complexity index is 1110. The number of amides is 2. The minimum Gasteiger partial charge on any atom is -0.351 e. The van der Waals surface area contributed by atoms with Crippen molar-refractivity contribution in [2.75, 3.05) is 13.1 Å². The lowest BCUT2D eigenvalue weighted by Gasteiger charge is -2.28. The van der Waals surface area contributed by atoms with E-state index in [9.17, 15) is 9.59 Å². The van der Waals surface area contributed by atoms with Gasteiger partial charge in [0.2, 0.25) is 0 Å². The molecule has 2 aliphatic heterocycles. The minimum atomic E-state index is -0.0358. The van der Waals surface area contributed by atoms with Crippen LogP contribution in [0.5, 0.6) is 0 Å². The van der Waals surface area contributed by atoms with Crippen LogP contribution in [0.4, 0.5) is 0 Å². The molecule has 2 N–H and O–H groups in total. The third-order valence-electron chi connectivity index (χ3n) is 6.85. The summed E-state index contributed by atoms with van der Waals surface area (Å²) in [7, 11) is 0. The number of aromatic amines is 2. The standard InChI is InChI=1S/C22H23N5O2/c28-20(18-12-14-4-1-2-5-16(14)23-18)26-11-6-17-15(13-26)19(25-24-17)21(29)27-10-3-7-22(27)8-9-22/h1-2,4-5,12,23H,3,6-11,13H2,(H,24,25). The zero-order valence-electron chi connectivity index (χ0n) is 16.2. The molecule has 29 heavy (non-hydrogen) atoms. The molecule has 1 aliphatic carbocycles. The van der Waals surface area contributed by atoms with Crippen LogP contribution in [0.2, 0.25) is 0 Å². The van der Waals surface area contributed by atoms with Gasteiger partial charge in [-0.1, -0.05) is 18.2 Å². The van der Waals surface area contributed by atoms with Gasteiger partial charge in [-0.15, -0.1) is 0 Å². The van der Waals surface area contributed by atoms with Gasteiger partial charge in [0.15, 0.2) is 5.69 Å². The average molecular weight is 389 g/mol. The van der Waals surface area contributed by atoms with Gasteiger partial charge >= 0.3 is 0 Å². The van der Waals surface area contributed by atoms with E-state index in [-0.39, 0.29) is 17.4 Å². The summed E-state index contributed by atoms with van der Waals surface area (Å²) in [5.41, 5.74) is 4.00. The average Bonchev–Trinajstić information content (AvgIpc) is 3.11. The minimum absolute atomic E-state index is 0.0254. The topological polar surface area (TPSA) is 85.1 Å². The molecule has 1 saturated carbocycles. The molecule has 3 aromatic rings. The number of H-pyrrole nitrogens is 2. The zero-order chi connectivity index (χ0) is 19.6. The summed E-state index contributed by atoms with van der Waals surface area (Å²) < 4.78 is 0. The molecule has 0 radical (unpaired) electrons. The molecule has 0 atom stereocenters. The maximum absolute atomic E-state index is 13.2. The highest BCUT2D eigenvalue weighted by Gasteiger charge is 2.53. The molecular formula is C22H23N5O2. The summed E-state index contributed by atoms with van der Waals surface area (Å²) in [5, 5.41) is 8.46. The Morgan fingerprint density at radius 1 is 1.07 bits per heavy atom. The molecule has 0 unspecified atom stereocenters.